The van der Waals surface area contributed by atoms with Crippen LogP contribution in [0.15, 0.2) is 30.3 Å². The SMILES string of the molecule is CC(C)(CO)S(=O)(=O)C1NC(=O)C1C(Oc1ccccc1)C(N)=O. The maximum absolute atomic E-state index is 12.6. The van der Waals surface area contributed by atoms with E-state index in [4.69, 9.17) is 10.5 Å². The zero-order chi connectivity index (χ0) is 18.1. The Morgan fingerprint density at radius 2 is 1.96 bits per heavy atom. The molecule has 132 valence electrons. The number of aliphatic hydroxyl groups excluding tert-OH is 1. The fraction of sp³-hybridized carbons (Fsp3) is 0.467. The van der Waals surface area contributed by atoms with E-state index in [9.17, 15) is 23.1 Å². The molecule has 1 fully saturated rings. The number of nitrogens with two attached hydrogens (primary N) is 1. The summed E-state index contributed by atoms with van der Waals surface area (Å²) < 4.78 is 29.2. The Kier molecular flexibility index (Phi) is 4.86. The number of ether oxygens (including phenoxy) is 1. The molecule has 8 nitrogen and oxygen atoms in total. The van der Waals surface area contributed by atoms with Crippen LogP contribution in [-0.2, 0) is 19.4 Å². The molecule has 2 rings (SSSR count). The van der Waals surface area contributed by atoms with Crippen molar-refractivity contribution in [1.82, 2.24) is 5.32 Å². The van der Waals surface area contributed by atoms with Gasteiger partial charge in [0.25, 0.3) is 5.91 Å². The average molecular weight is 356 g/mol. The summed E-state index contributed by atoms with van der Waals surface area (Å²) >= 11 is 0. The van der Waals surface area contributed by atoms with Gasteiger partial charge >= 0.3 is 0 Å². The van der Waals surface area contributed by atoms with Gasteiger partial charge in [-0.05, 0) is 26.0 Å². The second-order valence-corrected chi connectivity index (χ2v) is 8.87. The van der Waals surface area contributed by atoms with Crippen LogP contribution in [0.5, 0.6) is 5.75 Å². The number of rotatable bonds is 7. The Morgan fingerprint density at radius 1 is 1.38 bits per heavy atom. The second kappa shape index (κ2) is 6.40. The third-order valence-electron chi connectivity index (χ3n) is 4.01. The zero-order valence-electron chi connectivity index (χ0n) is 13.3. The lowest BCUT2D eigenvalue weighted by Gasteiger charge is -2.42. The first-order valence-corrected chi connectivity index (χ1v) is 8.82. The van der Waals surface area contributed by atoms with Crippen molar-refractivity contribution in [3.8, 4) is 5.75 Å². The smallest absolute Gasteiger partial charge is 0.259 e. The van der Waals surface area contributed by atoms with Crippen LogP contribution in [0.2, 0.25) is 0 Å². The van der Waals surface area contributed by atoms with Crippen molar-refractivity contribution in [3.63, 3.8) is 0 Å². The van der Waals surface area contributed by atoms with E-state index in [1.807, 2.05) is 0 Å². The summed E-state index contributed by atoms with van der Waals surface area (Å²) in [6, 6.07) is 8.19. The van der Waals surface area contributed by atoms with Crippen molar-refractivity contribution >= 4 is 21.7 Å². The number of aliphatic hydroxyl groups is 1. The molecule has 3 unspecified atom stereocenters. The normalized spacial score (nSPS) is 22.2. The van der Waals surface area contributed by atoms with Gasteiger partial charge in [-0.25, -0.2) is 8.42 Å². The van der Waals surface area contributed by atoms with Crippen LogP contribution in [0.1, 0.15) is 13.8 Å². The van der Waals surface area contributed by atoms with Crippen LogP contribution in [0.3, 0.4) is 0 Å². The molecule has 1 saturated heterocycles. The Labute approximate surface area is 139 Å². The van der Waals surface area contributed by atoms with Crippen molar-refractivity contribution < 1.29 is 27.9 Å². The van der Waals surface area contributed by atoms with Gasteiger partial charge in [0, 0.05) is 0 Å². The highest BCUT2D eigenvalue weighted by Gasteiger charge is 2.57. The van der Waals surface area contributed by atoms with Crippen molar-refractivity contribution in [3.05, 3.63) is 30.3 Å². The molecule has 1 aromatic carbocycles. The minimum atomic E-state index is -3.97. The van der Waals surface area contributed by atoms with Crippen LogP contribution in [0.25, 0.3) is 0 Å². The minimum absolute atomic E-state index is 0.290. The van der Waals surface area contributed by atoms with Gasteiger partial charge in [0.05, 0.1) is 11.4 Å². The van der Waals surface area contributed by atoms with Crippen molar-refractivity contribution in [1.29, 1.82) is 0 Å². The Balaban J connectivity index is 2.32. The van der Waals surface area contributed by atoms with Gasteiger partial charge in [-0.1, -0.05) is 18.2 Å². The lowest BCUT2D eigenvalue weighted by atomic mass is 9.94. The fourth-order valence-electron chi connectivity index (χ4n) is 2.32. The number of carbonyl (C=O) groups excluding carboxylic acids is 2. The van der Waals surface area contributed by atoms with Crippen molar-refractivity contribution in [2.75, 3.05) is 6.61 Å². The summed E-state index contributed by atoms with van der Waals surface area (Å²) in [6.07, 6.45) is -1.43. The predicted molar refractivity (Wildman–Crippen MR) is 85.6 cm³/mol. The molecule has 0 aromatic heterocycles. The number of primary amides is 1. The molecular formula is C15H20N2O6S. The quantitative estimate of drug-likeness (QED) is 0.546. The first kappa shape index (κ1) is 18.2. The highest BCUT2D eigenvalue weighted by Crippen LogP contribution is 2.32. The molecule has 2 amide bonds. The van der Waals surface area contributed by atoms with Crippen LogP contribution < -0.4 is 15.8 Å². The monoisotopic (exact) mass is 356 g/mol. The molecule has 0 aliphatic carbocycles. The Hall–Kier alpha value is -2.13. The fourth-order valence-corrected chi connectivity index (χ4v) is 4.11. The van der Waals surface area contributed by atoms with Crippen LogP contribution in [0.4, 0.5) is 0 Å². The minimum Gasteiger partial charge on any atom is -0.480 e. The Bertz CT molecular complexity index is 732. The molecule has 1 aromatic rings. The maximum atomic E-state index is 12.6. The summed E-state index contributed by atoms with van der Waals surface area (Å²) in [5, 5.41) is 10.2. The molecule has 1 heterocycles. The molecule has 0 radical (unpaired) electrons. The van der Waals surface area contributed by atoms with E-state index >= 15 is 0 Å². The first-order valence-electron chi connectivity index (χ1n) is 7.27. The molecule has 4 N–H and O–H groups in total. The highest BCUT2D eigenvalue weighted by atomic mass is 32.2. The lowest BCUT2D eigenvalue weighted by molar-refractivity contribution is -0.144. The maximum Gasteiger partial charge on any atom is 0.259 e. The van der Waals surface area contributed by atoms with E-state index in [2.05, 4.69) is 5.32 Å². The van der Waals surface area contributed by atoms with E-state index in [1.165, 1.54) is 13.8 Å². The number of benzene rings is 1. The standard InChI is InChI=1S/C15H20N2O6S/c1-15(2,8-18)24(21,22)14-10(13(20)17-14)11(12(16)19)23-9-6-4-3-5-7-9/h3-7,10-11,14,18H,8H2,1-2H3,(H2,16,19)(H,17,20). The second-order valence-electron chi connectivity index (χ2n) is 6.17. The molecular weight excluding hydrogens is 336 g/mol. The van der Waals surface area contributed by atoms with E-state index in [1.54, 1.807) is 30.3 Å². The van der Waals surface area contributed by atoms with Gasteiger partial charge in [0.2, 0.25) is 5.91 Å². The first-order chi connectivity index (χ1) is 11.1. The topological polar surface area (TPSA) is 136 Å². The molecule has 9 heteroatoms. The summed E-state index contributed by atoms with van der Waals surface area (Å²) in [5.74, 6) is -2.57. The van der Waals surface area contributed by atoms with Gasteiger partial charge in [-0.2, -0.15) is 0 Å². The number of hydrogen-bond donors (Lipinski definition) is 3. The molecule has 1 aliphatic heterocycles. The van der Waals surface area contributed by atoms with Crippen molar-refractivity contribution in [2.24, 2.45) is 11.7 Å². The number of hydrogen-bond acceptors (Lipinski definition) is 6. The average Bonchev–Trinajstić information content (AvgIpc) is 2.52. The molecule has 0 spiro atoms. The number of nitrogens with one attached hydrogen (secondary N) is 1. The molecule has 0 saturated carbocycles. The van der Waals surface area contributed by atoms with Gasteiger partial charge < -0.3 is 20.9 Å². The molecule has 1 aliphatic rings. The number of sulfone groups is 1. The zero-order valence-corrected chi connectivity index (χ0v) is 14.1. The van der Waals surface area contributed by atoms with Gasteiger partial charge in [-0.15, -0.1) is 0 Å². The van der Waals surface area contributed by atoms with E-state index < -0.39 is 50.4 Å². The summed E-state index contributed by atoms with van der Waals surface area (Å²) in [5.41, 5.74) is 5.32. The highest BCUT2D eigenvalue weighted by molar-refractivity contribution is 7.93. The third kappa shape index (κ3) is 3.09. The van der Waals surface area contributed by atoms with Crippen LogP contribution in [-0.4, -0.2) is 48.2 Å². The van der Waals surface area contributed by atoms with Gasteiger partial charge in [0.1, 0.15) is 17.0 Å². The third-order valence-corrected chi connectivity index (χ3v) is 6.76. The van der Waals surface area contributed by atoms with E-state index in [-0.39, 0.29) is 0 Å². The number of amides is 2. The molecule has 24 heavy (non-hydrogen) atoms. The van der Waals surface area contributed by atoms with E-state index in [0.717, 1.165) is 0 Å². The van der Waals surface area contributed by atoms with Gasteiger partial charge in [-0.3, -0.25) is 9.59 Å². The number of carbonyl (C=O) groups is 2. The summed E-state index contributed by atoms with van der Waals surface area (Å²) in [6.45, 7) is 2.04. The number of para-hydroxylation sites is 1. The predicted octanol–water partition coefficient (Wildman–Crippen LogP) is -0.823. The van der Waals surface area contributed by atoms with Crippen molar-refractivity contribution in [2.45, 2.75) is 30.1 Å². The van der Waals surface area contributed by atoms with Gasteiger partial charge in [0.15, 0.2) is 15.9 Å². The van der Waals surface area contributed by atoms with Crippen LogP contribution in [0, 0.1) is 5.92 Å². The number of β-lactam (4-membered cyclic amide) rings is 1. The summed E-state index contributed by atoms with van der Waals surface area (Å²) in [4.78, 5) is 23.7. The lowest BCUT2D eigenvalue weighted by Crippen LogP contribution is -2.70. The molecule has 0 bridgehead atoms. The van der Waals surface area contributed by atoms with E-state index in [0.29, 0.717) is 5.75 Å². The van der Waals surface area contributed by atoms with Crippen LogP contribution >= 0.6 is 0 Å². The Morgan fingerprint density at radius 3 is 2.42 bits per heavy atom. The molecule has 3 atom stereocenters. The summed E-state index contributed by atoms with van der Waals surface area (Å²) in [7, 11) is -3.97. The largest absolute Gasteiger partial charge is 0.480 e.